The Morgan fingerprint density at radius 3 is 2.23 bits per heavy atom. The molecule has 0 fully saturated rings. The number of hydrogen-bond acceptors (Lipinski definition) is 4. The minimum Gasteiger partial charge on any atom is -0.455 e. The van der Waals surface area contributed by atoms with Crippen molar-refractivity contribution in [2.75, 3.05) is 5.32 Å². The van der Waals surface area contributed by atoms with Gasteiger partial charge in [-0.1, -0.05) is 65.7 Å². The molecule has 206 valence electrons. The molecule has 0 heterocycles. The van der Waals surface area contributed by atoms with E-state index in [-0.39, 0.29) is 10.7 Å². The Balaban J connectivity index is 1.55. The van der Waals surface area contributed by atoms with Crippen molar-refractivity contribution in [2.24, 2.45) is 0 Å². The molecular weight excluding hydrogens is 545 g/mol. The first-order chi connectivity index (χ1) is 18.9. The zero-order valence-corrected chi connectivity index (χ0v) is 22.4. The van der Waals surface area contributed by atoms with Gasteiger partial charge in [0.05, 0.1) is 10.6 Å². The van der Waals surface area contributed by atoms with Crippen LogP contribution >= 0.6 is 11.6 Å². The van der Waals surface area contributed by atoms with E-state index in [2.05, 4.69) is 10.1 Å². The van der Waals surface area contributed by atoms with Crippen LogP contribution in [-0.2, 0) is 0 Å². The van der Waals surface area contributed by atoms with Crippen LogP contribution in [0, 0.1) is 20.8 Å². The van der Waals surface area contributed by atoms with Crippen LogP contribution < -0.4 is 20.1 Å². The molecule has 4 rings (SSSR count). The Kier molecular flexibility index (Phi) is 8.35. The normalized spacial score (nSPS) is 11.1. The van der Waals surface area contributed by atoms with Crippen molar-refractivity contribution in [2.45, 2.75) is 27.1 Å². The highest BCUT2D eigenvalue weighted by molar-refractivity contribution is 6.33. The van der Waals surface area contributed by atoms with Gasteiger partial charge < -0.3 is 14.8 Å². The lowest BCUT2D eigenvalue weighted by atomic mass is 10.0. The van der Waals surface area contributed by atoms with E-state index in [4.69, 9.17) is 16.3 Å². The molecule has 0 radical (unpaired) electrons. The number of alkyl halides is 3. The second kappa shape index (κ2) is 11.7. The van der Waals surface area contributed by atoms with Gasteiger partial charge in [0.2, 0.25) is 0 Å². The van der Waals surface area contributed by atoms with Crippen molar-refractivity contribution in [3.05, 3.63) is 106 Å². The average Bonchev–Trinajstić information content (AvgIpc) is 2.90. The van der Waals surface area contributed by atoms with Crippen molar-refractivity contribution in [3.63, 3.8) is 0 Å². The minimum atomic E-state index is -5.01. The molecule has 0 aliphatic heterocycles. The number of urea groups is 1. The summed E-state index contributed by atoms with van der Waals surface area (Å²) in [5.41, 5.74) is 3.78. The summed E-state index contributed by atoms with van der Waals surface area (Å²) in [6, 6.07) is 20.9. The van der Waals surface area contributed by atoms with Crippen LogP contribution in [0.1, 0.15) is 27.0 Å². The van der Waals surface area contributed by atoms with Crippen LogP contribution in [0.15, 0.2) is 78.9 Å². The molecule has 2 N–H and O–H groups in total. The second-order valence-corrected chi connectivity index (χ2v) is 9.31. The molecule has 0 bridgehead atoms. The predicted octanol–water partition coefficient (Wildman–Crippen LogP) is 8.59. The lowest BCUT2D eigenvalue weighted by Crippen LogP contribution is -2.35. The Bertz CT molecular complexity index is 1570. The zero-order chi connectivity index (χ0) is 29.0. The fraction of sp³-hybridized carbons (Fsp3) is 0.133. The van der Waals surface area contributed by atoms with Crippen LogP contribution in [0.5, 0.6) is 17.2 Å². The second-order valence-electron chi connectivity index (χ2n) is 8.93. The fourth-order valence-corrected chi connectivity index (χ4v) is 4.27. The molecule has 4 aromatic carbocycles. The van der Waals surface area contributed by atoms with E-state index >= 15 is 0 Å². The van der Waals surface area contributed by atoms with Crippen LogP contribution in [0.2, 0.25) is 5.02 Å². The molecular formula is C30H24ClF3N2O4. The number of imide groups is 1. The number of aryl methyl sites for hydroxylation is 2. The van der Waals surface area contributed by atoms with Crippen molar-refractivity contribution >= 4 is 29.2 Å². The number of carbonyl (C=O) groups is 2. The number of hydrogen-bond donors (Lipinski definition) is 2. The number of ether oxygens (including phenoxy) is 2. The average molecular weight is 569 g/mol. The number of halogens is 4. The van der Waals surface area contributed by atoms with Gasteiger partial charge in [-0.05, 0) is 67.8 Å². The topological polar surface area (TPSA) is 76.7 Å². The van der Waals surface area contributed by atoms with Crippen molar-refractivity contribution in [1.82, 2.24) is 5.32 Å². The maximum Gasteiger partial charge on any atom is 0.573 e. The van der Waals surface area contributed by atoms with Crippen LogP contribution in [0.3, 0.4) is 0 Å². The molecule has 3 amide bonds. The molecule has 0 saturated carbocycles. The number of benzene rings is 4. The van der Waals surface area contributed by atoms with Gasteiger partial charge in [0.1, 0.15) is 17.2 Å². The van der Waals surface area contributed by atoms with Crippen LogP contribution in [0.25, 0.3) is 11.1 Å². The maximum absolute atomic E-state index is 12.7. The first-order valence-corrected chi connectivity index (χ1v) is 12.4. The third-order valence-corrected chi connectivity index (χ3v) is 6.37. The van der Waals surface area contributed by atoms with E-state index in [1.54, 1.807) is 19.9 Å². The van der Waals surface area contributed by atoms with Gasteiger partial charge in [0.25, 0.3) is 5.91 Å². The molecule has 0 atom stereocenters. The van der Waals surface area contributed by atoms with Gasteiger partial charge in [-0.3, -0.25) is 10.1 Å². The molecule has 4 aromatic rings. The summed E-state index contributed by atoms with van der Waals surface area (Å²) in [6.07, 6.45) is -5.01. The van der Waals surface area contributed by atoms with E-state index in [9.17, 15) is 22.8 Å². The summed E-state index contributed by atoms with van der Waals surface area (Å²) in [6.45, 7) is 5.39. The molecule has 40 heavy (non-hydrogen) atoms. The lowest BCUT2D eigenvalue weighted by molar-refractivity contribution is -0.274. The van der Waals surface area contributed by atoms with E-state index in [0.29, 0.717) is 22.6 Å². The zero-order valence-electron chi connectivity index (χ0n) is 21.7. The van der Waals surface area contributed by atoms with Crippen molar-refractivity contribution in [3.8, 4) is 28.4 Å². The SMILES string of the molecule is Cc1ccc(Oc2c(C)cc(NC(=O)NC(=O)c3ccccc3OC(F)(F)F)c(C)c2Cl)c(-c2ccccc2)c1. The maximum atomic E-state index is 12.7. The number of carbonyl (C=O) groups excluding carboxylic acids is 2. The quantitative estimate of drug-likeness (QED) is 0.244. The summed E-state index contributed by atoms with van der Waals surface area (Å²) in [7, 11) is 0. The molecule has 0 unspecified atom stereocenters. The Labute approximate surface area is 233 Å². The van der Waals surface area contributed by atoms with Crippen molar-refractivity contribution < 1.29 is 32.2 Å². The van der Waals surface area contributed by atoms with E-state index in [1.165, 1.54) is 12.1 Å². The monoisotopic (exact) mass is 568 g/mol. The fourth-order valence-electron chi connectivity index (χ4n) is 3.99. The highest BCUT2D eigenvalue weighted by atomic mass is 35.5. The third kappa shape index (κ3) is 6.73. The van der Waals surface area contributed by atoms with E-state index < -0.39 is 29.6 Å². The third-order valence-electron chi connectivity index (χ3n) is 5.92. The lowest BCUT2D eigenvalue weighted by Gasteiger charge is -2.19. The summed E-state index contributed by atoms with van der Waals surface area (Å²) >= 11 is 6.66. The minimum absolute atomic E-state index is 0.241. The first kappa shape index (κ1) is 28.5. The Morgan fingerprint density at radius 2 is 1.52 bits per heavy atom. The largest absolute Gasteiger partial charge is 0.573 e. The Morgan fingerprint density at radius 1 is 0.850 bits per heavy atom. The molecule has 0 spiro atoms. The van der Waals surface area contributed by atoms with Gasteiger partial charge in [0.15, 0.2) is 0 Å². The first-order valence-electron chi connectivity index (χ1n) is 12.0. The molecule has 0 saturated heterocycles. The highest BCUT2D eigenvalue weighted by Crippen LogP contribution is 2.42. The summed E-state index contributed by atoms with van der Waals surface area (Å²) in [4.78, 5) is 25.1. The predicted molar refractivity (Wildman–Crippen MR) is 147 cm³/mol. The molecule has 0 aliphatic carbocycles. The Hall–Kier alpha value is -4.50. The summed E-state index contributed by atoms with van der Waals surface area (Å²) in [5.74, 6) is -0.834. The summed E-state index contributed by atoms with van der Waals surface area (Å²) < 4.78 is 48.2. The highest BCUT2D eigenvalue weighted by Gasteiger charge is 2.33. The van der Waals surface area contributed by atoms with Crippen LogP contribution in [-0.4, -0.2) is 18.3 Å². The van der Waals surface area contributed by atoms with E-state index in [0.717, 1.165) is 28.8 Å². The van der Waals surface area contributed by atoms with Gasteiger partial charge in [0, 0.05) is 11.3 Å². The van der Waals surface area contributed by atoms with Crippen LogP contribution in [0.4, 0.5) is 23.7 Å². The number of anilines is 1. The molecule has 0 aliphatic rings. The number of rotatable bonds is 6. The van der Waals surface area contributed by atoms with E-state index in [1.807, 2.05) is 60.8 Å². The van der Waals surface area contributed by atoms with Gasteiger partial charge in [-0.2, -0.15) is 0 Å². The van der Waals surface area contributed by atoms with Gasteiger partial charge in [-0.25, -0.2) is 4.79 Å². The molecule has 6 nitrogen and oxygen atoms in total. The number of para-hydroxylation sites is 1. The summed E-state index contributed by atoms with van der Waals surface area (Å²) in [5, 5.41) is 4.77. The number of nitrogens with one attached hydrogen (secondary N) is 2. The standard InChI is InChI=1S/C30H24ClF3N2O4/c1-17-13-14-24(22(15-17)20-9-5-4-6-10-20)39-27-18(2)16-23(19(3)26(27)31)35-29(38)36-28(37)21-11-7-8-12-25(21)40-30(32,33)34/h4-16H,1-3H3,(H2,35,36,37,38). The van der Waals surface area contributed by atoms with Crippen molar-refractivity contribution in [1.29, 1.82) is 0 Å². The van der Waals surface area contributed by atoms with Gasteiger partial charge >= 0.3 is 12.4 Å². The molecule has 0 aromatic heterocycles. The molecule has 10 heteroatoms. The number of amides is 3. The smallest absolute Gasteiger partial charge is 0.455 e. The van der Waals surface area contributed by atoms with Gasteiger partial charge in [-0.15, -0.1) is 13.2 Å².